The van der Waals surface area contributed by atoms with Crippen molar-refractivity contribution in [1.82, 2.24) is 4.98 Å². The summed E-state index contributed by atoms with van der Waals surface area (Å²) in [5.41, 5.74) is 0.215. The molecule has 1 aliphatic rings. The van der Waals surface area contributed by atoms with Crippen LogP contribution in [0.4, 0.5) is 39.1 Å². The smallest absolute Gasteiger partial charge is 0.313 e. The molecule has 4 nitrogen and oxygen atoms in total. The fourth-order valence-corrected chi connectivity index (χ4v) is 4.07. The quantitative estimate of drug-likeness (QED) is 0.337. The third kappa shape index (κ3) is 4.25. The van der Waals surface area contributed by atoms with Crippen LogP contribution in [0.25, 0.3) is 0 Å². The van der Waals surface area contributed by atoms with Gasteiger partial charge in [0.2, 0.25) is 5.91 Å². The van der Waals surface area contributed by atoms with Crippen LogP contribution in [0.2, 0.25) is 5.02 Å². The Morgan fingerprint density at radius 3 is 2.52 bits per heavy atom. The van der Waals surface area contributed by atoms with Gasteiger partial charge in [0.1, 0.15) is 23.5 Å². The summed E-state index contributed by atoms with van der Waals surface area (Å²) in [5.74, 6) is -2.65. The molecule has 1 atom stereocenters. The van der Waals surface area contributed by atoms with Gasteiger partial charge in [0.15, 0.2) is 0 Å². The van der Waals surface area contributed by atoms with Crippen molar-refractivity contribution in [3.05, 3.63) is 82.0 Å². The molecule has 1 aliphatic heterocycles. The summed E-state index contributed by atoms with van der Waals surface area (Å²) in [4.78, 5) is 20.1. The van der Waals surface area contributed by atoms with E-state index in [-0.39, 0.29) is 28.6 Å². The number of halogens is 6. The van der Waals surface area contributed by atoms with E-state index in [1.54, 1.807) is 24.3 Å². The number of aryl methyl sites for hydroxylation is 1. The summed E-state index contributed by atoms with van der Waals surface area (Å²) >= 11 is 5.76. The number of nitrogens with zero attached hydrogens (tertiary/aromatic N) is 3. The zero-order chi connectivity index (χ0) is 24.1. The molecule has 1 aromatic heterocycles. The van der Waals surface area contributed by atoms with Gasteiger partial charge in [-0.1, -0.05) is 29.8 Å². The summed E-state index contributed by atoms with van der Waals surface area (Å²) in [6.07, 6.45) is -4.45. The minimum Gasteiger partial charge on any atom is -0.313 e. The largest absolute Gasteiger partial charge is 0.416 e. The number of carbonyl (C=O) groups is 1. The first kappa shape index (κ1) is 23.0. The molecule has 0 saturated heterocycles. The van der Waals surface area contributed by atoms with Crippen LogP contribution >= 0.6 is 11.6 Å². The molecular formula is C23H17ClF5N3O. The van der Waals surface area contributed by atoms with E-state index in [1.165, 1.54) is 18.9 Å². The standard InChI is InChI=1S/C23H17ClF5N3O/c1-12-7-14(23(27,28)29)9-21(30-12)32-18-6-4-3-5-13(18)8-20(32)22(33)31(2)19-10-15(24)16(25)11-17(19)26/h3-7,9-11,20H,8H2,1-2H3/t20-/m0/s1. The van der Waals surface area contributed by atoms with Gasteiger partial charge in [0, 0.05) is 30.9 Å². The van der Waals surface area contributed by atoms with Crippen LogP contribution in [0.5, 0.6) is 0 Å². The molecule has 33 heavy (non-hydrogen) atoms. The van der Waals surface area contributed by atoms with Crippen molar-refractivity contribution in [2.75, 3.05) is 16.8 Å². The van der Waals surface area contributed by atoms with E-state index in [2.05, 4.69) is 4.98 Å². The van der Waals surface area contributed by atoms with Crippen LogP contribution in [0.15, 0.2) is 48.5 Å². The zero-order valence-corrected chi connectivity index (χ0v) is 18.2. The van der Waals surface area contributed by atoms with Gasteiger partial charge >= 0.3 is 6.18 Å². The van der Waals surface area contributed by atoms with Crippen LogP contribution in [-0.4, -0.2) is 24.0 Å². The second-order valence-corrected chi connectivity index (χ2v) is 8.09. The Hall–Kier alpha value is -3.20. The summed E-state index contributed by atoms with van der Waals surface area (Å²) in [6.45, 7) is 1.43. The molecule has 0 aliphatic carbocycles. The lowest BCUT2D eigenvalue weighted by Gasteiger charge is -2.30. The minimum atomic E-state index is -4.61. The number of aromatic nitrogens is 1. The fourth-order valence-electron chi connectivity index (χ4n) is 3.92. The van der Waals surface area contributed by atoms with E-state index in [0.717, 1.165) is 28.7 Å². The monoisotopic (exact) mass is 481 g/mol. The van der Waals surface area contributed by atoms with Crippen LogP contribution in [0.3, 0.4) is 0 Å². The lowest BCUT2D eigenvalue weighted by Crippen LogP contribution is -2.45. The second-order valence-electron chi connectivity index (χ2n) is 7.69. The fraction of sp³-hybridized carbons (Fsp3) is 0.217. The number of anilines is 3. The lowest BCUT2D eigenvalue weighted by atomic mass is 10.1. The first-order valence-corrected chi connectivity index (χ1v) is 10.2. The SMILES string of the molecule is Cc1cc(C(F)(F)F)cc(N2c3ccccc3C[C@H]2C(=O)N(C)c2cc(Cl)c(F)cc2F)n1. The third-order valence-electron chi connectivity index (χ3n) is 5.46. The Kier molecular flexibility index (Phi) is 5.78. The highest BCUT2D eigenvalue weighted by Gasteiger charge is 2.40. The first-order chi connectivity index (χ1) is 15.5. The molecule has 0 N–H and O–H groups in total. The maximum absolute atomic E-state index is 14.4. The minimum absolute atomic E-state index is 0.0587. The third-order valence-corrected chi connectivity index (χ3v) is 5.75. The van der Waals surface area contributed by atoms with Crippen LogP contribution in [0, 0.1) is 18.6 Å². The number of amides is 1. The van der Waals surface area contributed by atoms with E-state index < -0.39 is 35.3 Å². The number of hydrogen-bond acceptors (Lipinski definition) is 3. The maximum Gasteiger partial charge on any atom is 0.416 e. The average molecular weight is 482 g/mol. The summed E-state index contributed by atoms with van der Waals surface area (Å²) in [5, 5.41) is -0.368. The molecule has 1 amide bonds. The molecule has 2 heterocycles. The molecular weight excluding hydrogens is 465 g/mol. The Bertz CT molecular complexity index is 1250. The Labute approximate surface area is 191 Å². The molecule has 10 heteroatoms. The lowest BCUT2D eigenvalue weighted by molar-refractivity contribution is -0.137. The summed E-state index contributed by atoms with van der Waals surface area (Å²) in [7, 11) is 1.29. The number of rotatable bonds is 3. The van der Waals surface area contributed by atoms with Crippen molar-refractivity contribution in [3.63, 3.8) is 0 Å². The van der Waals surface area contributed by atoms with Gasteiger partial charge in [-0.05, 0) is 36.8 Å². The van der Waals surface area contributed by atoms with E-state index >= 15 is 0 Å². The van der Waals surface area contributed by atoms with Gasteiger partial charge in [-0.3, -0.25) is 4.79 Å². The van der Waals surface area contributed by atoms with Crippen molar-refractivity contribution in [2.24, 2.45) is 0 Å². The van der Waals surface area contributed by atoms with Crippen LogP contribution in [0.1, 0.15) is 16.8 Å². The van der Waals surface area contributed by atoms with Crippen molar-refractivity contribution in [1.29, 1.82) is 0 Å². The molecule has 172 valence electrons. The summed E-state index contributed by atoms with van der Waals surface area (Å²) in [6, 6.07) is 9.23. The van der Waals surface area contributed by atoms with Gasteiger partial charge in [-0.15, -0.1) is 0 Å². The number of fused-ring (bicyclic) bond motifs is 1. The molecule has 0 radical (unpaired) electrons. The molecule has 0 unspecified atom stereocenters. The number of alkyl halides is 3. The second kappa shape index (κ2) is 8.30. The highest BCUT2D eigenvalue weighted by molar-refractivity contribution is 6.31. The predicted molar refractivity (Wildman–Crippen MR) is 115 cm³/mol. The highest BCUT2D eigenvalue weighted by atomic mass is 35.5. The van der Waals surface area contributed by atoms with Crippen molar-refractivity contribution in [2.45, 2.75) is 25.6 Å². The van der Waals surface area contributed by atoms with Crippen LogP contribution in [-0.2, 0) is 17.4 Å². The normalized spacial score (nSPS) is 15.5. The van der Waals surface area contributed by atoms with Crippen LogP contribution < -0.4 is 9.80 Å². The first-order valence-electron chi connectivity index (χ1n) is 9.82. The van der Waals surface area contributed by atoms with E-state index in [1.807, 2.05) is 0 Å². The van der Waals surface area contributed by atoms with Gasteiger partial charge in [0.05, 0.1) is 16.3 Å². The van der Waals surface area contributed by atoms with Crippen molar-refractivity contribution in [3.8, 4) is 0 Å². The number of carbonyl (C=O) groups excluding carboxylic acids is 1. The molecule has 0 bridgehead atoms. The van der Waals surface area contributed by atoms with Gasteiger partial charge in [-0.2, -0.15) is 13.2 Å². The molecule has 0 saturated carbocycles. The van der Waals surface area contributed by atoms with E-state index in [9.17, 15) is 26.7 Å². The summed E-state index contributed by atoms with van der Waals surface area (Å²) < 4.78 is 68.3. The Morgan fingerprint density at radius 2 is 1.82 bits per heavy atom. The van der Waals surface area contributed by atoms with E-state index in [4.69, 9.17) is 11.6 Å². The Morgan fingerprint density at radius 1 is 1.12 bits per heavy atom. The van der Waals surface area contributed by atoms with E-state index in [0.29, 0.717) is 11.8 Å². The molecule has 0 spiro atoms. The number of benzene rings is 2. The molecule has 0 fully saturated rings. The van der Waals surface area contributed by atoms with Crippen molar-refractivity contribution < 1.29 is 26.7 Å². The topological polar surface area (TPSA) is 36.4 Å². The number of hydrogen-bond donors (Lipinski definition) is 0. The maximum atomic E-state index is 14.4. The number of para-hydroxylation sites is 1. The Balaban J connectivity index is 1.80. The van der Waals surface area contributed by atoms with Gasteiger partial charge in [0.25, 0.3) is 0 Å². The number of likely N-dealkylation sites (N-methyl/N-ethyl adjacent to an activating group) is 1. The zero-order valence-electron chi connectivity index (χ0n) is 17.4. The van der Waals surface area contributed by atoms with Crippen molar-refractivity contribution >= 4 is 34.7 Å². The van der Waals surface area contributed by atoms with Gasteiger partial charge < -0.3 is 9.80 Å². The molecule has 3 aromatic rings. The predicted octanol–water partition coefficient (Wildman–Crippen LogP) is 6.07. The molecule has 4 rings (SSSR count). The number of pyridine rings is 1. The molecule has 2 aromatic carbocycles. The highest BCUT2D eigenvalue weighted by Crippen LogP contribution is 2.41. The average Bonchev–Trinajstić information content (AvgIpc) is 3.14. The van der Waals surface area contributed by atoms with Gasteiger partial charge in [-0.25, -0.2) is 13.8 Å².